The molecular weight excluding hydrogens is 312 g/mol. The minimum Gasteiger partial charge on any atom is -0.381 e. The summed E-state index contributed by atoms with van der Waals surface area (Å²) in [5.74, 6) is 1.39. The molecule has 1 aromatic heterocycles. The molecule has 1 amide bonds. The number of hydrogen-bond acceptors (Lipinski definition) is 5. The maximum atomic E-state index is 12.4. The van der Waals surface area contributed by atoms with Gasteiger partial charge in [0.15, 0.2) is 0 Å². The Balaban J connectivity index is 1.24. The number of amides is 1. The Morgan fingerprint density at radius 3 is 3.13 bits per heavy atom. The van der Waals surface area contributed by atoms with Gasteiger partial charge in [-0.2, -0.15) is 0 Å². The van der Waals surface area contributed by atoms with Crippen LogP contribution in [0.1, 0.15) is 18.5 Å². The van der Waals surface area contributed by atoms with Gasteiger partial charge in [0.25, 0.3) is 0 Å². The van der Waals surface area contributed by atoms with Crippen LogP contribution < -0.4 is 0 Å². The summed E-state index contributed by atoms with van der Waals surface area (Å²) in [5, 5.41) is 0. The van der Waals surface area contributed by atoms with E-state index in [1.807, 2.05) is 34.9 Å². The van der Waals surface area contributed by atoms with E-state index in [9.17, 15) is 4.79 Å². The molecule has 124 valence electrons. The van der Waals surface area contributed by atoms with Crippen LogP contribution in [0.5, 0.6) is 0 Å². The Morgan fingerprint density at radius 2 is 2.39 bits per heavy atom. The van der Waals surface area contributed by atoms with E-state index in [0.29, 0.717) is 13.2 Å². The van der Waals surface area contributed by atoms with Gasteiger partial charge in [-0.25, -0.2) is 0 Å². The molecule has 3 saturated heterocycles. The summed E-state index contributed by atoms with van der Waals surface area (Å²) in [6, 6.07) is 5.89. The van der Waals surface area contributed by atoms with Gasteiger partial charge in [-0.3, -0.25) is 9.78 Å². The molecule has 3 aliphatic heterocycles. The lowest BCUT2D eigenvalue weighted by atomic mass is 9.91. The Labute approximate surface area is 140 Å². The van der Waals surface area contributed by atoms with Crippen molar-refractivity contribution in [2.75, 3.05) is 32.1 Å². The van der Waals surface area contributed by atoms with Crippen molar-refractivity contribution in [2.45, 2.75) is 30.3 Å². The van der Waals surface area contributed by atoms with Crippen molar-refractivity contribution < 1.29 is 14.3 Å². The number of rotatable bonds is 4. The second-order valence-corrected chi connectivity index (χ2v) is 8.20. The third kappa shape index (κ3) is 3.25. The number of aromatic nitrogens is 1. The zero-order valence-corrected chi connectivity index (χ0v) is 14.0. The van der Waals surface area contributed by atoms with E-state index >= 15 is 0 Å². The Morgan fingerprint density at radius 1 is 1.48 bits per heavy atom. The summed E-state index contributed by atoms with van der Waals surface area (Å²) in [7, 11) is 0. The van der Waals surface area contributed by atoms with E-state index in [1.165, 1.54) is 0 Å². The molecule has 0 N–H and O–H groups in total. The highest BCUT2D eigenvalue weighted by atomic mass is 32.2. The van der Waals surface area contributed by atoms with E-state index in [4.69, 9.17) is 9.47 Å². The number of thioether (sulfide) groups is 1. The molecule has 0 bridgehead atoms. The number of ether oxygens (including phenoxy) is 2. The van der Waals surface area contributed by atoms with Crippen LogP contribution in [0, 0.1) is 5.92 Å². The lowest BCUT2D eigenvalue weighted by Crippen LogP contribution is -2.62. The largest absolute Gasteiger partial charge is 0.381 e. The Hall–Kier alpha value is -1.11. The van der Waals surface area contributed by atoms with Crippen LogP contribution in [-0.2, 0) is 20.9 Å². The highest BCUT2D eigenvalue weighted by Gasteiger charge is 2.51. The molecule has 3 aliphatic rings. The monoisotopic (exact) mass is 334 g/mol. The number of nitrogens with zero attached hydrogens (tertiary/aromatic N) is 2. The van der Waals surface area contributed by atoms with Gasteiger partial charge in [0.2, 0.25) is 5.91 Å². The van der Waals surface area contributed by atoms with E-state index < -0.39 is 0 Å². The van der Waals surface area contributed by atoms with Crippen molar-refractivity contribution in [2.24, 2.45) is 5.92 Å². The van der Waals surface area contributed by atoms with Gasteiger partial charge in [-0.1, -0.05) is 6.07 Å². The molecule has 1 aromatic rings. The average Bonchev–Trinajstić information content (AvgIpc) is 3.22. The number of hydrogen-bond donors (Lipinski definition) is 0. The lowest BCUT2D eigenvalue weighted by Gasteiger charge is -2.48. The van der Waals surface area contributed by atoms with Crippen molar-refractivity contribution in [1.82, 2.24) is 9.88 Å². The van der Waals surface area contributed by atoms with Crippen LogP contribution in [0.25, 0.3) is 0 Å². The first-order valence-corrected chi connectivity index (χ1v) is 9.25. The Kier molecular flexibility index (Phi) is 4.30. The zero-order chi connectivity index (χ0) is 15.7. The fourth-order valence-electron chi connectivity index (χ4n) is 3.61. The van der Waals surface area contributed by atoms with Crippen LogP contribution in [0.3, 0.4) is 0 Å². The standard InChI is InChI=1S/C17H22N2O3S/c20-16(13-4-6-21-8-13)19-11-17(12-19)7-15(10-23-17)22-9-14-3-1-2-5-18-14/h1-3,5,13,15H,4,6-12H2/t13-,15-/m1/s1. The van der Waals surface area contributed by atoms with Gasteiger partial charge in [0.1, 0.15) is 0 Å². The average molecular weight is 334 g/mol. The van der Waals surface area contributed by atoms with E-state index in [1.54, 1.807) is 6.20 Å². The quantitative estimate of drug-likeness (QED) is 0.839. The fraction of sp³-hybridized carbons (Fsp3) is 0.647. The summed E-state index contributed by atoms with van der Waals surface area (Å²) < 4.78 is 11.6. The number of pyridine rings is 1. The van der Waals surface area contributed by atoms with E-state index in [-0.39, 0.29) is 22.7 Å². The summed E-state index contributed by atoms with van der Waals surface area (Å²) >= 11 is 1.97. The number of likely N-dealkylation sites (tertiary alicyclic amines) is 1. The molecule has 23 heavy (non-hydrogen) atoms. The maximum Gasteiger partial charge on any atom is 0.228 e. The van der Waals surface area contributed by atoms with Gasteiger partial charge < -0.3 is 14.4 Å². The molecule has 1 spiro atoms. The highest BCUT2D eigenvalue weighted by Crippen LogP contribution is 2.46. The first-order chi connectivity index (χ1) is 11.2. The third-order valence-electron chi connectivity index (χ3n) is 4.92. The predicted octanol–water partition coefficient (Wildman–Crippen LogP) is 1.72. The third-order valence-corrected chi connectivity index (χ3v) is 6.49. The molecule has 3 fully saturated rings. The van der Waals surface area contributed by atoms with Gasteiger partial charge in [0.05, 0.1) is 35.7 Å². The molecule has 4 heterocycles. The molecule has 0 aliphatic carbocycles. The summed E-state index contributed by atoms with van der Waals surface area (Å²) in [4.78, 5) is 18.7. The van der Waals surface area contributed by atoms with Crippen LogP contribution in [0.15, 0.2) is 24.4 Å². The molecule has 0 aromatic carbocycles. The van der Waals surface area contributed by atoms with Crippen LogP contribution >= 0.6 is 11.8 Å². The SMILES string of the molecule is O=C([C@@H]1CCOC1)N1CC2(C[C@@H](OCc3ccccn3)CS2)C1. The molecule has 2 atom stereocenters. The van der Waals surface area contributed by atoms with Crippen molar-refractivity contribution in [1.29, 1.82) is 0 Å². The summed E-state index contributed by atoms with van der Waals surface area (Å²) in [5.41, 5.74) is 0.977. The normalized spacial score (nSPS) is 29.0. The van der Waals surface area contributed by atoms with Crippen molar-refractivity contribution >= 4 is 17.7 Å². The maximum absolute atomic E-state index is 12.4. The smallest absolute Gasteiger partial charge is 0.228 e. The summed E-state index contributed by atoms with van der Waals surface area (Å²) in [6.07, 6.45) is 3.99. The number of carbonyl (C=O) groups excluding carboxylic acids is 1. The Bertz CT molecular complexity index is 556. The van der Waals surface area contributed by atoms with Gasteiger partial charge >= 0.3 is 0 Å². The van der Waals surface area contributed by atoms with Crippen LogP contribution in [0.2, 0.25) is 0 Å². The lowest BCUT2D eigenvalue weighted by molar-refractivity contribution is -0.141. The zero-order valence-electron chi connectivity index (χ0n) is 13.1. The molecule has 0 unspecified atom stereocenters. The van der Waals surface area contributed by atoms with E-state index in [0.717, 1.165) is 44.0 Å². The summed E-state index contributed by atoms with van der Waals surface area (Å²) in [6.45, 7) is 3.65. The minimum absolute atomic E-state index is 0.0926. The topological polar surface area (TPSA) is 51.7 Å². The first kappa shape index (κ1) is 15.4. The predicted molar refractivity (Wildman–Crippen MR) is 88.1 cm³/mol. The van der Waals surface area contributed by atoms with Gasteiger partial charge in [0, 0.05) is 31.6 Å². The van der Waals surface area contributed by atoms with Crippen molar-refractivity contribution in [3.8, 4) is 0 Å². The molecular formula is C17H22N2O3S. The second-order valence-electron chi connectivity index (χ2n) is 6.71. The second kappa shape index (κ2) is 6.42. The number of carbonyl (C=O) groups is 1. The molecule has 5 nitrogen and oxygen atoms in total. The highest BCUT2D eigenvalue weighted by molar-refractivity contribution is 8.01. The van der Waals surface area contributed by atoms with Gasteiger partial charge in [-0.05, 0) is 25.0 Å². The fourth-order valence-corrected chi connectivity index (χ4v) is 5.16. The first-order valence-electron chi connectivity index (χ1n) is 8.26. The molecule has 0 saturated carbocycles. The van der Waals surface area contributed by atoms with Crippen LogP contribution in [0.4, 0.5) is 0 Å². The van der Waals surface area contributed by atoms with Crippen molar-refractivity contribution in [3.05, 3.63) is 30.1 Å². The molecule has 6 heteroatoms. The minimum atomic E-state index is 0.0926. The molecule has 4 rings (SSSR count). The van der Waals surface area contributed by atoms with Crippen LogP contribution in [-0.4, -0.2) is 58.7 Å². The van der Waals surface area contributed by atoms with Gasteiger partial charge in [-0.15, -0.1) is 11.8 Å². The molecule has 0 radical (unpaired) electrons. The van der Waals surface area contributed by atoms with E-state index in [2.05, 4.69) is 4.98 Å². The van der Waals surface area contributed by atoms with Crippen molar-refractivity contribution in [3.63, 3.8) is 0 Å².